The fraction of sp³-hybridized carbons (Fsp3) is 0.700. The van der Waals surface area contributed by atoms with Gasteiger partial charge in [0.15, 0.2) is 0 Å². The monoisotopic (exact) mass is 230 g/mol. The predicted molar refractivity (Wildman–Crippen MR) is 57.8 cm³/mol. The second kappa shape index (κ2) is 6.81. The molecule has 0 aliphatic carbocycles. The van der Waals surface area contributed by atoms with Crippen LogP contribution in [0.1, 0.15) is 33.6 Å². The maximum absolute atomic E-state index is 11.5. The van der Waals surface area contributed by atoms with Gasteiger partial charge in [-0.3, -0.25) is 9.59 Å². The molecule has 0 saturated carbocycles. The van der Waals surface area contributed by atoms with Gasteiger partial charge in [0.05, 0.1) is 0 Å². The van der Waals surface area contributed by atoms with Gasteiger partial charge in [0, 0.05) is 6.92 Å². The second-order valence-electron chi connectivity index (χ2n) is 3.61. The average molecular weight is 230 g/mol. The molecule has 0 bridgehead atoms. The topological polar surface area (TPSA) is 95.5 Å². The van der Waals surface area contributed by atoms with Gasteiger partial charge in [0.25, 0.3) is 0 Å². The van der Waals surface area contributed by atoms with Crippen LogP contribution >= 0.6 is 0 Å². The molecule has 0 heterocycles. The van der Waals surface area contributed by atoms with Gasteiger partial charge in [0.2, 0.25) is 11.8 Å². The summed E-state index contributed by atoms with van der Waals surface area (Å²) in [5, 5.41) is 13.6. The summed E-state index contributed by atoms with van der Waals surface area (Å²) in [6.45, 7) is 4.63. The van der Waals surface area contributed by atoms with Crippen LogP contribution in [0.25, 0.3) is 0 Å². The zero-order valence-corrected chi connectivity index (χ0v) is 9.74. The van der Waals surface area contributed by atoms with Crippen molar-refractivity contribution >= 4 is 17.8 Å². The van der Waals surface area contributed by atoms with E-state index in [-0.39, 0.29) is 5.91 Å². The molecule has 0 aliphatic heterocycles. The SMILES string of the molecule is CCC[C@H](NC(=O)C(C)NC(C)=O)C(=O)O. The van der Waals surface area contributed by atoms with E-state index >= 15 is 0 Å². The Kier molecular flexibility index (Phi) is 6.14. The molecule has 1 unspecified atom stereocenters. The second-order valence-corrected chi connectivity index (χ2v) is 3.61. The van der Waals surface area contributed by atoms with Gasteiger partial charge < -0.3 is 15.7 Å². The number of aliphatic carboxylic acids is 1. The predicted octanol–water partition coefficient (Wildman–Crippen LogP) is -0.119. The fourth-order valence-corrected chi connectivity index (χ4v) is 1.21. The quantitative estimate of drug-likeness (QED) is 0.592. The van der Waals surface area contributed by atoms with Gasteiger partial charge >= 0.3 is 5.97 Å². The van der Waals surface area contributed by atoms with Crippen LogP contribution in [0.4, 0.5) is 0 Å². The summed E-state index contributed by atoms with van der Waals surface area (Å²) in [6, 6.07) is -1.62. The van der Waals surface area contributed by atoms with Crippen molar-refractivity contribution in [2.24, 2.45) is 0 Å². The number of carbonyl (C=O) groups excluding carboxylic acids is 2. The van der Waals surface area contributed by atoms with E-state index in [0.717, 1.165) is 0 Å². The number of hydrogen-bond acceptors (Lipinski definition) is 3. The zero-order chi connectivity index (χ0) is 12.7. The molecular formula is C10H18N2O4. The van der Waals surface area contributed by atoms with Crippen molar-refractivity contribution in [1.29, 1.82) is 0 Å². The molecule has 0 aromatic heterocycles. The van der Waals surface area contributed by atoms with Gasteiger partial charge in [0.1, 0.15) is 12.1 Å². The van der Waals surface area contributed by atoms with Crippen LogP contribution in [-0.2, 0) is 14.4 Å². The van der Waals surface area contributed by atoms with Crippen LogP contribution in [0.3, 0.4) is 0 Å². The Bertz CT molecular complexity index is 278. The molecule has 2 atom stereocenters. The van der Waals surface area contributed by atoms with Crippen molar-refractivity contribution in [3.8, 4) is 0 Å². The van der Waals surface area contributed by atoms with E-state index in [1.54, 1.807) is 0 Å². The molecular weight excluding hydrogens is 212 g/mol. The average Bonchev–Trinajstić information content (AvgIpc) is 2.15. The highest BCUT2D eigenvalue weighted by Gasteiger charge is 2.22. The maximum atomic E-state index is 11.5. The van der Waals surface area contributed by atoms with Crippen molar-refractivity contribution < 1.29 is 19.5 Å². The molecule has 92 valence electrons. The van der Waals surface area contributed by atoms with Gasteiger partial charge in [-0.25, -0.2) is 4.79 Å². The first kappa shape index (κ1) is 14.4. The molecule has 0 fully saturated rings. The standard InChI is InChI=1S/C10H18N2O4/c1-4-5-8(10(15)16)12-9(14)6(2)11-7(3)13/h6,8H,4-5H2,1-3H3,(H,11,13)(H,12,14)(H,15,16)/t6?,8-/m0/s1. The van der Waals surface area contributed by atoms with Crippen LogP contribution in [0.5, 0.6) is 0 Å². The highest BCUT2D eigenvalue weighted by molar-refractivity contribution is 5.89. The first-order chi connectivity index (χ1) is 7.38. The summed E-state index contributed by atoms with van der Waals surface area (Å²) < 4.78 is 0. The van der Waals surface area contributed by atoms with E-state index in [0.29, 0.717) is 12.8 Å². The minimum absolute atomic E-state index is 0.329. The van der Waals surface area contributed by atoms with Crippen LogP contribution in [0.2, 0.25) is 0 Å². The van der Waals surface area contributed by atoms with Crippen LogP contribution < -0.4 is 10.6 Å². The molecule has 0 spiro atoms. The molecule has 6 nitrogen and oxygen atoms in total. The first-order valence-corrected chi connectivity index (χ1v) is 5.18. The van der Waals surface area contributed by atoms with E-state index in [4.69, 9.17) is 5.11 Å². The summed E-state index contributed by atoms with van der Waals surface area (Å²) >= 11 is 0. The Morgan fingerprint density at radius 1 is 1.25 bits per heavy atom. The lowest BCUT2D eigenvalue weighted by Crippen LogP contribution is -2.49. The van der Waals surface area contributed by atoms with Crippen LogP contribution in [0, 0.1) is 0 Å². The summed E-state index contributed by atoms with van der Waals surface area (Å²) in [5.74, 6) is -1.88. The summed E-state index contributed by atoms with van der Waals surface area (Å²) in [4.78, 5) is 32.9. The maximum Gasteiger partial charge on any atom is 0.326 e. The Morgan fingerprint density at radius 2 is 1.81 bits per heavy atom. The Morgan fingerprint density at radius 3 is 2.19 bits per heavy atom. The number of carbonyl (C=O) groups is 3. The minimum Gasteiger partial charge on any atom is -0.480 e. The van der Waals surface area contributed by atoms with E-state index in [1.165, 1.54) is 13.8 Å². The van der Waals surface area contributed by atoms with E-state index in [1.807, 2.05) is 6.92 Å². The lowest BCUT2D eigenvalue weighted by molar-refractivity contribution is -0.142. The molecule has 2 amide bonds. The third-order valence-corrected chi connectivity index (χ3v) is 2.00. The number of rotatable bonds is 6. The van der Waals surface area contributed by atoms with Crippen molar-refractivity contribution in [1.82, 2.24) is 10.6 Å². The highest BCUT2D eigenvalue weighted by Crippen LogP contribution is 1.97. The summed E-state index contributed by atoms with van der Waals surface area (Å²) in [5.41, 5.74) is 0. The normalized spacial score (nSPS) is 13.7. The van der Waals surface area contributed by atoms with Crippen molar-refractivity contribution in [2.45, 2.75) is 45.7 Å². The van der Waals surface area contributed by atoms with Gasteiger partial charge in [-0.15, -0.1) is 0 Å². The number of hydrogen-bond donors (Lipinski definition) is 3. The number of amides is 2. The molecule has 0 saturated heterocycles. The third-order valence-electron chi connectivity index (χ3n) is 2.00. The lowest BCUT2D eigenvalue weighted by Gasteiger charge is -2.17. The number of carboxylic acids is 1. The van der Waals surface area contributed by atoms with Gasteiger partial charge in [-0.05, 0) is 13.3 Å². The molecule has 0 radical (unpaired) electrons. The smallest absolute Gasteiger partial charge is 0.326 e. The van der Waals surface area contributed by atoms with Crippen LogP contribution in [-0.4, -0.2) is 35.0 Å². The molecule has 0 aromatic rings. The molecule has 0 aromatic carbocycles. The van der Waals surface area contributed by atoms with Crippen molar-refractivity contribution in [3.05, 3.63) is 0 Å². The Balaban J connectivity index is 4.28. The minimum atomic E-state index is -1.06. The zero-order valence-electron chi connectivity index (χ0n) is 9.74. The Labute approximate surface area is 94.4 Å². The molecule has 6 heteroatoms. The number of carboxylic acid groups (broad SMARTS) is 1. The highest BCUT2D eigenvalue weighted by atomic mass is 16.4. The first-order valence-electron chi connectivity index (χ1n) is 5.18. The van der Waals surface area contributed by atoms with Gasteiger partial charge in [-0.1, -0.05) is 13.3 Å². The molecule has 0 aliphatic rings. The molecule has 0 rings (SSSR count). The van der Waals surface area contributed by atoms with E-state index in [9.17, 15) is 14.4 Å². The molecule has 16 heavy (non-hydrogen) atoms. The Hall–Kier alpha value is -1.59. The summed E-state index contributed by atoms with van der Waals surface area (Å²) in [6.07, 6.45) is 1.03. The number of nitrogens with one attached hydrogen (secondary N) is 2. The van der Waals surface area contributed by atoms with E-state index in [2.05, 4.69) is 10.6 Å². The van der Waals surface area contributed by atoms with Crippen molar-refractivity contribution in [2.75, 3.05) is 0 Å². The lowest BCUT2D eigenvalue weighted by atomic mass is 10.1. The third kappa shape index (κ3) is 5.33. The largest absolute Gasteiger partial charge is 0.480 e. The molecule has 3 N–H and O–H groups in total. The fourth-order valence-electron chi connectivity index (χ4n) is 1.21. The van der Waals surface area contributed by atoms with E-state index < -0.39 is 24.0 Å². The summed E-state index contributed by atoms with van der Waals surface area (Å²) in [7, 11) is 0. The van der Waals surface area contributed by atoms with Crippen molar-refractivity contribution in [3.63, 3.8) is 0 Å². The van der Waals surface area contributed by atoms with Crippen LogP contribution in [0.15, 0.2) is 0 Å². The van der Waals surface area contributed by atoms with Gasteiger partial charge in [-0.2, -0.15) is 0 Å².